The molecule has 1 heteroatoms. The van der Waals surface area contributed by atoms with Gasteiger partial charge in [0, 0.05) is 0 Å². The number of rotatable bonds is 1. The van der Waals surface area contributed by atoms with Crippen molar-refractivity contribution < 1.29 is 0 Å². The van der Waals surface area contributed by atoms with Crippen LogP contribution in [0.3, 0.4) is 0 Å². The molecule has 14 heavy (non-hydrogen) atoms. The predicted octanol–water partition coefficient (Wildman–Crippen LogP) is 3.71. The van der Waals surface area contributed by atoms with Crippen LogP contribution in [0.25, 0.3) is 0 Å². The standard InChI is InChI=1S/C13H17N/c1-10(13(2,3)4)12-7-5-11(9-14)6-8-12/h5-8,10H,1-4H3/t10-/m1/s1. The van der Waals surface area contributed by atoms with Gasteiger partial charge in [-0.25, -0.2) is 0 Å². The van der Waals surface area contributed by atoms with Crippen LogP contribution in [0.1, 0.15) is 44.7 Å². The molecule has 74 valence electrons. The molecule has 1 atom stereocenters. The number of hydrogen-bond acceptors (Lipinski definition) is 1. The van der Waals surface area contributed by atoms with Gasteiger partial charge in [-0.1, -0.05) is 39.8 Å². The highest BCUT2D eigenvalue weighted by Crippen LogP contribution is 2.34. The first kappa shape index (κ1) is 10.8. The van der Waals surface area contributed by atoms with Crippen LogP contribution in [-0.4, -0.2) is 0 Å². The number of nitrogens with zero attached hydrogens (tertiary/aromatic N) is 1. The Kier molecular flexibility index (Phi) is 2.96. The van der Waals surface area contributed by atoms with E-state index in [0.29, 0.717) is 5.92 Å². The topological polar surface area (TPSA) is 23.8 Å². The third-order valence-electron chi connectivity index (χ3n) is 2.84. The van der Waals surface area contributed by atoms with Crippen molar-refractivity contribution in [3.05, 3.63) is 35.4 Å². The Morgan fingerprint density at radius 3 is 2.00 bits per heavy atom. The minimum Gasteiger partial charge on any atom is -0.192 e. The molecule has 0 amide bonds. The van der Waals surface area contributed by atoms with Crippen molar-refractivity contribution in [3.63, 3.8) is 0 Å². The Morgan fingerprint density at radius 1 is 1.14 bits per heavy atom. The lowest BCUT2D eigenvalue weighted by molar-refractivity contribution is 0.339. The van der Waals surface area contributed by atoms with Crippen LogP contribution >= 0.6 is 0 Å². The fraction of sp³-hybridized carbons (Fsp3) is 0.462. The maximum Gasteiger partial charge on any atom is 0.0991 e. The first-order chi connectivity index (χ1) is 6.45. The van der Waals surface area contributed by atoms with Crippen molar-refractivity contribution in [2.24, 2.45) is 5.41 Å². The van der Waals surface area contributed by atoms with Crippen molar-refractivity contribution in [1.29, 1.82) is 5.26 Å². The fourth-order valence-corrected chi connectivity index (χ4v) is 1.35. The minimum absolute atomic E-state index is 0.272. The molecule has 1 rings (SSSR count). The molecular weight excluding hydrogens is 170 g/mol. The summed E-state index contributed by atoms with van der Waals surface area (Å²) in [6.45, 7) is 8.92. The highest BCUT2D eigenvalue weighted by molar-refractivity contribution is 5.33. The second kappa shape index (κ2) is 3.84. The molecule has 0 spiro atoms. The van der Waals surface area contributed by atoms with E-state index in [4.69, 9.17) is 5.26 Å². The average Bonchev–Trinajstić information content (AvgIpc) is 2.15. The lowest BCUT2D eigenvalue weighted by Gasteiger charge is -2.27. The summed E-state index contributed by atoms with van der Waals surface area (Å²) < 4.78 is 0. The van der Waals surface area contributed by atoms with Crippen molar-refractivity contribution in [1.82, 2.24) is 0 Å². The SMILES string of the molecule is C[C@H](c1ccc(C#N)cc1)C(C)(C)C. The van der Waals surface area contributed by atoms with E-state index in [9.17, 15) is 0 Å². The molecule has 0 unspecified atom stereocenters. The third kappa shape index (κ3) is 2.35. The predicted molar refractivity (Wildman–Crippen MR) is 59.0 cm³/mol. The molecule has 1 nitrogen and oxygen atoms in total. The van der Waals surface area contributed by atoms with Gasteiger partial charge in [-0.2, -0.15) is 5.26 Å². The summed E-state index contributed by atoms with van der Waals surface area (Å²) >= 11 is 0. The zero-order valence-corrected chi connectivity index (χ0v) is 9.33. The molecule has 0 fully saturated rings. The maximum absolute atomic E-state index is 8.68. The molecule has 0 saturated heterocycles. The summed E-state index contributed by atoms with van der Waals surface area (Å²) in [6.07, 6.45) is 0. The Bertz CT molecular complexity index is 335. The number of benzene rings is 1. The Balaban J connectivity index is 2.94. The molecule has 0 aliphatic rings. The van der Waals surface area contributed by atoms with Crippen molar-refractivity contribution in [2.45, 2.75) is 33.6 Å². The third-order valence-corrected chi connectivity index (χ3v) is 2.84. The van der Waals surface area contributed by atoms with E-state index in [1.807, 2.05) is 12.1 Å². The zero-order chi connectivity index (χ0) is 10.8. The summed E-state index contributed by atoms with van der Waals surface area (Å²) in [6, 6.07) is 10.0. The second-order valence-corrected chi connectivity index (χ2v) is 4.82. The van der Waals surface area contributed by atoms with Gasteiger partial charge in [-0.05, 0) is 29.0 Å². The Hall–Kier alpha value is -1.29. The van der Waals surface area contributed by atoms with Crippen LogP contribution in [0.15, 0.2) is 24.3 Å². The highest BCUT2D eigenvalue weighted by atomic mass is 14.3. The molecule has 0 saturated carbocycles. The monoisotopic (exact) mass is 187 g/mol. The van der Waals surface area contributed by atoms with Crippen molar-refractivity contribution >= 4 is 0 Å². The van der Waals surface area contributed by atoms with Gasteiger partial charge in [-0.15, -0.1) is 0 Å². The Morgan fingerprint density at radius 2 is 1.64 bits per heavy atom. The van der Waals surface area contributed by atoms with E-state index >= 15 is 0 Å². The molecule has 1 aromatic rings. The quantitative estimate of drug-likeness (QED) is 0.657. The fourth-order valence-electron chi connectivity index (χ4n) is 1.35. The molecule has 0 radical (unpaired) electrons. The zero-order valence-electron chi connectivity index (χ0n) is 9.33. The smallest absolute Gasteiger partial charge is 0.0991 e. The maximum atomic E-state index is 8.68. The van der Waals surface area contributed by atoms with Crippen LogP contribution in [0.4, 0.5) is 0 Å². The summed E-state index contributed by atoms with van der Waals surface area (Å²) in [5, 5.41) is 8.68. The Labute approximate surface area is 86.4 Å². The van der Waals surface area contributed by atoms with Crippen LogP contribution in [0.2, 0.25) is 0 Å². The summed E-state index contributed by atoms with van der Waals surface area (Å²) in [5.41, 5.74) is 2.31. The van der Waals surface area contributed by atoms with Gasteiger partial charge < -0.3 is 0 Å². The van der Waals surface area contributed by atoms with E-state index in [0.717, 1.165) is 5.56 Å². The molecule has 0 N–H and O–H groups in total. The molecule has 1 aromatic carbocycles. The van der Waals surface area contributed by atoms with E-state index in [1.54, 1.807) is 0 Å². The van der Waals surface area contributed by atoms with Gasteiger partial charge in [0.05, 0.1) is 11.6 Å². The van der Waals surface area contributed by atoms with Crippen LogP contribution in [-0.2, 0) is 0 Å². The van der Waals surface area contributed by atoms with Gasteiger partial charge in [0.2, 0.25) is 0 Å². The lowest BCUT2D eigenvalue weighted by Crippen LogP contribution is -2.15. The van der Waals surface area contributed by atoms with E-state index in [-0.39, 0.29) is 5.41 Å². The van der Waals surface area contributed by atoms with E-state index in [1.165, 1.54) is 5.56 Å². The first-order valence-corrected chi connectivity index (χ1v) is 4.95. The van der Waals surface area contributed by atoms with Crippen molar-refractivity contribution in [3.8, 4) is 6.07 Å². The molecule has 0 bridgehead atoms. The van der Waals surface area contributed by atoms with Gasteiger partial charge in [0.25, 0.3) is 0 Å². The number of nitriles is 1. The van der Waals surface area contributed by atoms with Crippen LogP contribution in [0, 0.1) is 16.7 Å². The largest absolute Gasteiger partial charge is 0.192 e. The summed E-state index contributed by atoms with van der Waals surface area (Å²) in [7, 11) is 0. The molecule has 0 aromatic heterocycles. The molecule has 0 aliphatic heterocycles. The van der Waals surface area contributed by atoms with Crippen molar-refractivity contribution in [2.75, 3.05) is 0 Å². The number of hydrogen-bond donors (Lipinski definition) is 0. The first-order valence-electron chi connectivity index (χ1n) is 4.95. The second-order valence-electron chi connectivity index (χ2n) is 4.82. The van der Waals surface area contributed by atoms with Gasteiger partial charge in [0.1, 0.15) is 0 Å². The van der Waals surface area contributed by atoms with Gasteiger partial charge >= 0.3 is 0 Å². The van der Waals surface area contributed by atoms with Gasteiger partial charge in [-0.3, -0.25) is 0 Å². The lowest BCUT2D eigenvalue weighted by atomic mass is 9.78. The van der Waals surface area contributed by atoms with Gasteiger partial charge in [0.15, 0.2) is 0 Å². The van der Waals surface area contributed by atoms with Crippen LogP contribution < -0.4 is 0 Å². The van der Waals surface area contributed by atoms with E-state index < -0.39 is 0 Å². The van der Waals surface area contributed by atoms with Crippen LogP contribution in [0.5, 0.6) is 0 Å². The average molecular weight is 187 g/mol. The molecule has 0 heterocycles. The minimum atomic E-state index is 0.272. The normalized spacial score (nSPS) is 13.4. The summed E-state index contributed by atoms with van der Waals surface area (Å²) in [4.78, 5) is 0. The van der Waals surface area contributed by atoms with E-state index in [2.05, 4.69) is 45.9 Å². The highest BCUT2D eigenvalue weighted by Gasteiger charge is 2.21. The molecular formula is C13H17N. The molecule has 0 aliphatic carbocycles. The summed E-state index contributed by atoms with van der Waals surface area (Å²) in [5.74, 6) is 0.509.